The van der Waals surface area contributed by atoms with Gasteiger partial charge in [0, 0.05) is 31.6 Å². The minimum Gasteiger partial charge on any atom is -0.387 e. The van der Waals surface area contributed by atoms with Gasteiger partial charge in [0.1, 0.15) is 12.7 Å². The predicted octanol–water partition coefficient (Wildman–Crippen LogP) is 0.897. The first-order valence-electron chi connectivity index (χ1n) is 8.91. The molecule has 5 heteroatoms. The zero-order valence-electron chi connectivity index (χ0n) is 14.7. The molecule has 0 aromatic heterocycles. The molecule has 0 amide bonds. The fraction of sp³-hybridized carbons (Fsp3) is 0.600. The Morgan fingerprint density at radius 2 is 1.88 bits per heavy atom. The molecule has 1 unspecified atom stereocenters. The molecule has 0 saturated carbocycles. The second-order valence-electron chi connectivity index (χ2n) is 7.36. The van der Waals surface area contributed by atoms with E-state index >= 15 is 0 Å². The van der Waals surface area contributed by atoms with E-state index < -0.39 is 17.3 Å². The van der Waals surface area contributed by atoms with Crippen LogP contribution in [0.1, 0.15) is 37.3 Å². The number of benzene rings is 1. The van der Waals surface area contributed by atoms with Gasteiger partial charge in [-0.05, 0) is 37.5 Å². The normalized spacial score (nSPS) is 29.2. The van der Waals surface area contributed by atoms with Gasteiger partial charge in [-0.3, -0.25) is 4.90 Å². The highest BCUT2D eigenvalue weighted by atomic mass is 16.5. The van der Waals surface area contributed by atoms with Crippen molar-refractivity contribution in [2.24, 2.45) is 0 Å². The maximum Gasteiger partial charge on any atom is 0.111 e. The molecular weight excluding hydrogens is 318 g/mol. The smallest absolute Gasteiger partial charge is 0.111 e. The van der Waals surface area contributed by atoms with E-state index in [-0.39, 0.29) is 6.61 Å². The summed E-state index contributed by atoms with van der Waals surface area (Å²) < 4.78 is 5.93. The van der Waals surface area contributed by atoms with Crippen LogP contribution in [0.15, 0.2) is 24.3 Å². The summed E-state index contributed by atoms with van der Waals surface area (Å²) in [6.45, 7) is 4.59. The molecule has 1 aromatic carbocycles. The number of hydrogen-bond acceptors (Lipinski definition) is 5. The van der Waals surface area contributed by atoms with Crippen molar-refractivity contribution < 1.29 is 20.1 Å². The van der Waals surface area contributed by atoms with E-state index in [1.165, 1.54) is 5.56 Å². The van der Waals surface area contributed by atoms with Gasteiger partial charge in [0.25, 0.3) is 0 Å². The van der Waals surface area contributed by atoms with Gasteiger partial charge in [-0.2, -0.15) is 0 Å². The van der Waals surface area contributed by atoms with Gasteiger partial charge in [0.2, 0.25) is 0 Å². The van der Waals surface area contributed by atoms with Crippen molar-refractivity contribution in [3.8, 4) is 11.8 Å². The highest BCUT2D eigenvalue weighted by Gasteiger charge is 2.52. The molecule has 2 saturated heterocycles. The van der Waals surface area contributed by atoms with E-state index in [4.69, 9.17) is 9.84 Å². The second-order valence-corrected chi connectivity index (χ2v) is 7.36. The van der Waals surface area contributed by atoms with Crippen molar-refractivity contribution in [1.82, 2.24) is 4.90 Å². The van der Waals surface area contributed by atoms with E-state index in [1.807, 2.05) is 12.1 Å². The number of nitrogens with zero attached hydrogens (tertiary/aromatic N) is 1. The van der Waals surface area contributed by atoms with Crippen molar-refractivity contribution >= 4 is 0 Å². The van der Waals surface area contributed by atoms with E-state index in [0.29, 0.717) is 13.0 Å². The number of likely N-dealkylation sites (tertiary alicyclic amines) is 1. The van der Waals surface area contributed by atoms with Crippen LogP contribution in [0.2, 0.25) is 0 Å². The van der Waals surface area contributed by atoms with Gasteiger partial charge in [0.15, 0.2) is 0 Å². The Bertz CT molecular complexity index is 636. The molecule has 2 heterocycles. The van der Waals surface area contributed by atoms with E-state index in [0.717, 1.165) is 38.0 Å². The first kappa shape index (κ1) is 18.4. The number of rotatable bonds is 2. The zero-order chi connectivity index (χ0) is 17.9. The molecule has 2 aliphatic heterocycles. The second kappa shape index (κ2) is 7.45. The van der Waals surface area contributed by atoms with Crippen LogP contribution >= 0.6 is 0 Å². The SMILES string of the molecule is C[C@@]1(O)CCOC2(CCN(Cc3ccc(C#CCO)cc3)CC2)C1O. The summed E-state index contributed by atoms with van der Waals surface area (Å²) in [5.74, 6) is 5.54. The number of piperidine rings is 1. The fourth-order valence-electron chi connectivity index (χ4n) is 3.84. The van der Waals surface area contributed by atoms with Crippen LogP contribution in [0.25, 0.3) is 0 Å². The van der Waals surface area contributed by atoms with Crippen LogP contribution < -0.4 is 0 Å². The molecule has 2 atom stereocenters. The average molecular weight is 345 g/mol. The van der Waals surface area contributed by atoms with E-state index in [1.54, 1.807) is 6.92 Å². The molecule has 25 heavy (non-hydrogen) atoms. The summed E-state index contributed by atoms with van der Waals surface area (Å²) in [6, 6.07) is 8.05. The molecule has 136 valence electrons. The largest absolute Gasteiger partial charge is 0.387 e. The fourth-order valence-corrected chi connectivity index (χ4v) is 3.84. The Morgan fingerprint density at radius 3 is 2.52 bits per heavy atom. The maximum absolute atomic E-state index is 10.6. The molecule has 3 rings (SSSR count). The van der Waals surface area contributed by atoms with Gasteiger partial charge in [0.05, 0.1) is 17.8 Å². The molecule has 1 spiro atoms. The first-order chi connectivity index (χ1) is 12.0. The number of aliphatic hydroxyl groups excluding tert-OH is 2. The average Bonchev–Trinajstić information content (AvgIpc) is 2.61. The van der Waals surface area contributed by atoms with Crippen molar-refractivity contribution in [2.45, 2.75) is 50.0 Å². The lowest BCUT2D eigenvalue weighted by molar-refractivity contribution is -0.246. The molecule has 3 N–H and O–H groups in total. The summed E-state index contributed by atoms with van der Waals surface area (Å²) in [7, 11) is 0. The molecule has 0 aliphatic carbocycles. The lowest BCUT2D eigenvalue weighted by atomic mass is 9.75. The van der Waals surface area contributed by atoms with Crippen molar-refractivity contribution in [3.05, 3.63) is 35.4 Å². The minimum atomic E-state index is -1.06. The van der Waals surface area contributed by atoms with Crippen LogP contribution in [0, 0.1) is 11.8 Å². The highest BCUT2D eigenvalue weighted by Crippen LogP contribution is 2.39. The molecule has 0 radical (unpaired) electrons. The summed E-state index contributed by atoms with van der Waals surface area (Å²) >= 11 is 0. The Kier molecular flexibility index (Phi) is 5.47. The summed E-state index contributed by atoms with van der Waals surface area (Å²) in [5, 5.41) is 29.7. The van der Waals surface area contributed by atoms with Crippen LogP contribution in [0.4, 0.5) is 0 Å². The third kappa shape index (κ3) is 4.05. The van der Waals surface area contributed by atoms with Crippen LogP contribution in [0.3, 0.4) is 0 Å². The van der Waals surface area contributed by atoms with E-state index in [2.05, 4.69) is 28.9 Å². The third-order valence-electron chi connectivity index (χ3n) is 5.46. The van der Waals surface area contributed by atoms with Crippen LogP contribution in [-0.2, 0) is 11.3 Å². The standard InChI is InChI=1S/C20H27NO4/c1-19(24)10-14-25-20(18(19)23)8-11-21(12-9-20)15-17-6-4-16(5-7-17)3-2-13-22/h4-7,18,22-24H,8-15H2,1H3/t18?,19-/m1/s1. The number of hydrogen-bond donors (Lipinski definition) is 3. The van der Waals surface area contributed by atoms with Gasteiger partial charge < -0.3 is 20.1 Å². The highest BCUT2D eigenvalue weighted by molar-refractivity contribution is 5.36. The molecule has 2 fully saturated rings. The Labute approximate surface area is 149 Å². The molecule has 1 aromatic rings. The Morgan fingerprint density at radius 1 is 1.20 bits per heavy atom. The lowest BCUT2D eigenvalue weighted by Crippen LogP contribution is -2.64. The molecular formula is C20H27NO4. The van der Waals surface area contributed by atoms with Gasteiger partial charge in [-0.25, -0.2) is 0 Å². The van der Waals surface area contributed by atoms with Crippen molar-refractivity contribution in [2.75, 3.05) is 26.3 Å². The predicted molar refractivity (Wildman–Crippen MR) is 94.8 cm³/mol. The molecule has 0 bridgehead atoms. The van der Waals surface area contributed by atoms with Crippen LogP contribution in [0.5, 0.6) is 0 Å². The maximum atomic E-state index is 10.6. The Balaban J connectivity index is 1.57. The number of aliphatic hydroxyl groups is 3. The summed E-state index contributed by atoms with van der Waals surface area (Å²) in [6.07, 6.45) is 1.10. The lowest BCUT2D eigenvalue weighted by Gasteiger charge is -2.51. The summed E-state index contributed by atoms with van der Waals surface area (Å²) in [5.41, 5.74) is 0.437. The molecule has 5 nitrogen and oxygen atoms in total. The third-order valence-corrected chi connectivity index (χ3v) is 5.46. The Hall–Kier alpha value is -1.42. The topological polar surface area (TPSA) is 73.2 Å². The quantitative estimate of drug-likeness (QED) is 0.695. The van der Waals surface area contributed by atoms with Crippen molar-refractivity contribution in [3.63, 3.8) is 0 Å². The van der Waals surface area contributed by atoms with Gasteiger partial charge in [-0.15, -0.1) is 0 Å². The van der Waals surface area contributed by atoms with E-state index in [9.17, 15) is 10.2 Å². The first-order valence-corrected chi connectivity index (χ1v) is 8.91. The van der Waals surface area contributed by atoms with Crippen LogP contribution in [-0.4, -0.2) is 63.8 Å². The monoisotopic (exact) mass is 345 g/mol. The van der Waals surface area contributed by atoms with Crippen molar-refractivity contribution in [1.29, 1.82) is 0 Å². The van der Waals surface area contributed by atoms with Gasteiger partial charge >= 0.3 is 0 Å². The molecule has 2 aliphatic rings. The number of ether oxygens (including phenoxy) is 1. The van der Waals surface area contributed by atoms with Gasteiger partial charge in [-0.1, -0.05) is 24.0 Å². The minimum absolute atomic E-state index is 0.127. The zero-order valence-corrected chi connectivity index (χ0v) is 14.7. The summed E-state index contributed by atoms with van der Waals surface area (Å²) in [4.78, 5) is 2.35.